The van der Waals surface area contributed by atoms with Gasteiger partial charge in [-0.05, 0) is 13.0 Å². The first-order valence-electron chi connectivity index (χ1n) is 6.72. The highest BCUT2D eigenvalue weighted by atomic mass is 19.1. The molecule has 1 aliphatic rings. The zero-order valence-corrected chi connectivity index (χ0v) is 11.4. The average molecular weight is 285 g/mol. The van der Waals surface area contributed by atoms with Crippen molar-refractivity contribution in [1.29, 1.82) is 0 Å². The predicted molar refractivity (Wildman–Crippen MR) is 69.3 cm³/mol. The fraction of sp³-hybridized carbons (Fsp3) is 0.500. The van der Waals surface area contributed by atoms with Gasteiger partial charge in [-0.3, -0.25) is 4.79 Å². The van der Waals surface area contributed by atoms with E-state index in [1.165, 1.54) is 12.1 Å². The molecule has 110 valence electrons. The summed E-state index contributed by atoms with van der Waals surface area (Å²) in [5, 5.41) is 2.74. The molecule has 1 aliphatic heterocycles. The largest absolute Gasteiger partial charge is 0.370 e. The van der Waals surface area contributed by atoms with E-state index in [4.69, 9.17) is 4.74 Å². The number of halogens is 2. The van der Waals surface area contributed by atoms with Gasteiger partial charge in [0.25, 0.3) is 5.91 Å². The van der Waals surface area contributed by atoms with Gasteiger partial charge in [0, 0.05) is 11.6 Å². The Kier molecular flexibility index (Phi) is 5.03. The molecule has 2 rings (SSSR count). The maximum atomic E-state index is 13.6. The molecule has 0 unspecified atom stereocenters. The Balaban J connectivity index is 1.89. The summed E-state index contributed by atoms with van der Waals surface area (Å²) in [4.78, 5) is 13.1. The number of amides is 1. The second kappa shape index (κ2) is 6.76. The zero-order valence-electron chi connectivity index (χ0n) is 11.4. The van der Waals surface area contributed by atoms with Gasteiger partial charge in [-0.2, -0.15) is 0 Å². The third-order valence-electron chi connectivity index (χ3n) is 3.42. The lowest BCUT2D eigenvalue weighted by Gasteiger charge is -2.24. The van der Waals surface area contributed by atoms with E-state index < -0.39 is 17.7 Å². The molecule has 0 spiro atoms. The third kappa shape index (κ3) is 3.98. The van der Waals surface area contributed by atoms with Gasteiger partial charge in [0.2, 0.25) is 0 Å². The number of carbonyl (C=O) groups is 1. The van der Waals surface area contributed by atoms with E-state index in [0.29, 0.717) is 19.8 Å². The van der Waals surface area contributed by atoms with Crippen molar-refractivity contribution < 1.29 is 23.2 Å². The molecular formula is C14H19F2N2O2+. The maximum absolute atomic E-state index is 13.6. The minimum atomic E-state index is -0.642. The van der Waals surface area contributed by atoms with Crippen molar-refractivity contribution in [2.45, 2.75) is 13.0 Å². The van der Waals surface area contributed by atoms with Crippen LogP contribution in [0.25, 0.3) is 0 Å². The van der Waals surface area contributed by atoms with Crippen LogP contribution in [0.4, 0.5) is 8.78 Å². The van der Waals surface area contributed by atoms with E-state index in [0.717, 1.165) is 24.1 Å². The van der Waals surface area contributed by atoms with E-state index in [1.54, 1.807) is 6.92 Å². The summed E-state index contributed by atoms with van der Waals surface area (Å²) in [6, 6.07) is 2.89. The van der Waals surface area contributed by atoms with Gasteiger partial charge in [0.15, 0.2) is 6.54 Å². The Labute approximate surface area is 116 Å². The second-order valence-corrected chi connectivity index (χ2v) is 4.99. The lowest BCUT2D eigenvalue weighted by Crippen LogP contribution is -3.15. The maximum Gasteiger partial charge on any atom is 0.275 e. The van der Waals surface area contributed by atoms with Crippen molar-refractivity contribution in [2.75, 3.05) is 32.8 Å². The number of hydrogen-bond donors (Lipinski definition) is 2. The molecule has 1 aromatic rings. The van der Waals surface area contributed by atoms with Crippen LogP contribution < -0.4 is 10.2 Å². The lowest BCUT2D eigenvalue weighted by molar-refractivity contribution is -0.900. The minimum Gasteiger partial charge on any atom is -0.370 e. The van der Waals surface area contributed by atoms with Gasteiger partial charge < -0.3 is 15.0 Å². The van der Waals surface area contributed by atoms with Crippen LogP contribution >= 0.6 is 0 Å². The first-order chi connectivity index (χ1) is 9.56. The molecule has 0 saturated carbocycles. The quantitative estimate of drug-likeness (QED) is 0.821. The Hall–Kier alpha value is -1.53. The molecule has 6 heteroatoms. The zero-order chi connectivity index (χ0) is 14.5. The highest BCUT2D eigenvalue weighted by Gasteiger charge is 2.20. The molecule has 2 N–H and O–H groups in total. The van der Waals surface area contributed by atoms with E-state index in [9.17, 15) is 13.6 Å². The third-order valence-corrected chi connectivity index (χ3v) is 3.42. The number of quaternary nitrogens is 1. The highest BCUT2D eigenvalue weighted by molar-refractivity contribution is 5.77. The smallest absolute Gasteiger partial charge is 0.275 e. The number of ether oxygens (including phenoxy) is 1. The van der Waals surface area contributed by atoms with E-state index >= 15 is 0 Å². The summed E-state index contributed by atoms with van der Waals surface area (Å²) in [7, 11) is 0. The monoisotopic (exact) mass is 285 g/mol. The molecule has 1 aromatic carbocycles. The Morgan fingerprint density at radius 3 is 2.75 bits per heavy atom. The van der Waals surface area contributed by atoms with Crippen LogP contribution in [0.1, 0.15) is 18.5 Å². The van der Waals surface area contributed by atoms with Crippen LogP contribution in [0.3, 0.4) is 0 Å². The first kappa shape index (κ1) is 14.9. The Morgan fingerprint density at radius 1 is 1.40 bits per heavy atom. The molecule has 0 aliphatic carbocycles. The molecule has 4 nitrogen and oxygen atoms in total. The van der Waals surface area contributed by atoms with Crippen LogP contribution in [-0.2, 0) is 9.53 Å². The van der Waals surface area contributed by atoms with Crippen LogP contribution in [-0.4, -0.2) is 38.8 Å². The molecule has 1 atom stereocenters. The van der Waals surface area contributed by atoms with Gasteiger partial charge >= 0.3 is 0 Å². The molecule has 1 fully saturated rings. The van der Waals surface area contributed by atoms with E-state index in [2.05, 4.69) is 5.32 Å². The van der Waals surface area contributed by atoms with Gasteiger partial charge in [-0.25, -0.2) is 8.78 Å². The molecule has 20 heavy (non-hydrogen) atoms. The number of nitrogens with one attached hydrogen (secondary N) is 2. The molecule has 1 amide bonds. The average Bonchev–Trinajstić information content (AvgIpc) is 2.39. The summed E-state index contributed by atoms with van der Waals surface area (Å²) in [6.45, 7) is 4.94. The summed E-state index contributed by atoms with van der Waals surface area (Å²) >= 11 is 0. The van der Waals surface area contributed by atoms with Crippen molar-refractivity contribution in [2.24, 2.45) is 0 Å². The number of morpholine rings is 1. The summed E-state index contributed by atoms with van der Waals surface area (Å²) < 4.78 is 31.7. The number of hydrogen-bond acceptors (Lipinski definition) is 2. The minimum absolute atomic E-state index is 0.141. The SMILES string of the molecule is C[C@@H](NC(=O)C[NH+]1CCOCC1)c1ccc(F)cc1F. The van der Waals surface area contributed by atoms with Gasteiger partial charge in [0.05, 0.1) is 19.3 Å². The predicted octanol–water partition coefficient (Wildman–Crippen LogP) is 0.0571. The normalized spacial score (nSPS) is 17.8. The lowest BCUT2D eigenvalue weighted by atomic mass is 10.1. The van der Waals surface area contributed by atoms with E-state index in [-0.39, 0.29) is 11.5 Å². The van der Waals surface area contributed by atoms with Crippen LogP contribution in [0.2, 0.25) is 0 Å². The van der Waals surface area contributed by atoms with E-state index in [1.807, 2.05) is 0 Å². The molecule has 1 heterocycles. The molecular weight excluding hydrogens is 266 g/mol. The van der Waals surface area contributed by atoms with Gasteiger partial charge in [0.1, 0.15) is 24.7 Å². The Morgan fingerprint density at radius 2 is 2.10 bits per heavy atom. The van der Waals surface area contributed by atoms with Crippen molar-refractivity contribution in [1.82, 2.24) is 5.32 Å². The van der Waals surface area contributed by atoms with Crippen molar-refractivity contribution in [3.8, 4) is 0 Å². The highest BCUT2D eigenvalue weighted by Crippen LogP contribution is 2.17. The molecule has 0 radical (unpaired) electrons. The van der Waals surface area contributed by atoms with Gasteiger partial charge in [-0.15, -0.1) is 0 Å². The Bertz CT molecular complexity index is 476. The summed E-state index contributed by atoms with van der Waals surface area (Å²) in [5.41, 5.74) is 0.289. The van der Waals surface area contributed by atoms with Crippen LogP contribution in [0, 0.1) is 11.6 Å². The summed E-state index contributed by atoms with van der Waals surface area (Å²) in [6.07, 6.45) is 0. The number of rotatable bonds is 4. The number of benzene rings is 1. The van der Waals surface area contributed by atoms with Crippen molar-refractivity contribution in [3.63, 3.8) is 0 Å². The van der Waals surface area contributed by atoms with Crippen molar-refractivity contribution >= 4 is 5.91 Å². The fourth-order valence-corrected chi connectivity index (χ4v) is 2.29. The molecule has 1 saturated heterocycles. The first-order valence-corrected chi connectivity index (χ1v) is 6.72. The van der Waals surface area contributed by atoms with Crippen LogP contribution in [0.5, 0.6) is 0 Å². The second-order valence-electron chi connectivity index (χ2n) is 4.99. The summed E-state index contributed by atoms with van der Waals surface area (Å²) in [5.74, 6) is -1.41. The van der Waals surface area contributed by atoms with Crippen LogP contribution in [0.15, 0.2) is 18.2 Å². The van der Waals surface area contributed by atoms with Gasteiger partial charge in [-0.1, -0.05) is 6.07 Å². The standard InChI is InChI=1S/C14H18F2N2O2/c1-10(12-3-2-11(15)8-13(12)16)17-14(19)9-18-4-6-20-7-5-18/h2-3,8,10H,4-7,9H2,1H3,(H,17,19)/p+1/t10-/m1/s1. The molecule has 0 bridgehead atoms. The van der Waals surface area contributed by atoms with Crippen molar-refractivity contribution in [3.05, 3.63) is 35.4 Å². The number of carbonyl (C=O) groups excluding carboxylic acids is 1. The topological polar surface area (TPSA) is 42.8 Å². The molecule has 0 aromatic heterocycles. The fourth-order valence-electron chi connectivity index (χ4n) is 2.29.